The van der Waals surface area contributed by atoms with Gasteiger partial charge < -0.3 is 15.4 Å². The lowest BCUT2D eigenvalue weighted by atomic mass is 10.0. The smallest absolute Gasteiger partial charge is 0.146 e. The minimum absolute atomic E-state index is 0.0938. The predicted octanol–water partition coefficient (Wildman–Crippen LogP) is 2.85. The third-order valence-corrected chi connectivity index (χ3v) is 3.41. The van der Waals surface area contributed by atoms with Gasteiger partial charge >= 0.3 is 0 Å². The molecule has 0 aromatic heterocycles. The van der Waals surface area contributed by atoms with Gasteiger partial charge in [-0.05, 0) is 45.4 Å². The van der Waals surface area contributed by atoms with E-state index in [-0.39, 0.29) is 23.6 Å². The number of hydrogen-bond acceptors (Lipinski definition) is 3. The van der Waals surface area contributed by atoms with Gasteiger partial charge in [0.25, 0.3) is 0 Å². The zero-order valence-corrected chi connectivity index (χ0v) is 12.1. The minimum atomic E-state index is -0.260. The highest BCUT2D eigenvalue weighted by molar-refractivity contribution is 5.50. The maximum absolute atomic E-state index is 14.2. The summed E-state index contributed by atoms with van der Waals surface area (Å²) in [6.07, 6.45) is 0.0938. The number of rotatable bonds is 2. The Morgan fingerprint density at radius 3 is 2.68 bits per heavy atom. The Morgan fingerprint density at radius 1 is 1.47 bits per heavy atom. The predicted molar refractivity (Wildman–Crippen MR) is 75.8 cm³/mol. The number of nitrogens with two attached hydrogens (primary N) is 1. The topological polar surface area (TPSA) is 38.5 Å². The van der Waals surface area contributed by atoms with E-state index in [0.717, 1.165) is 5.56 Å². The van der Waals surface area contributed by atoms with Crippen LogP contribution in [0.3, 0.4) is 0 Å². The average molecular weight is 266 g/mol. The third-order valence-electron chi connectivity index (χ3n) is 3.41. The summed E-state index contributed by atoms with van der Waals surface area (Å²) in [5.74, 6) is -0.209. The number of nitrogens with zero attached hydrogens (tertiary/aromatic N) is 1. The van der Waals surface area contributed by atoms with Crippen LogP contribution < -0.4 is 10.6 Å². The van der Waals surface area contributed by atoms with Crippen LogP contribution in [-0.2, 0) is 4.74 Å². The van der Waals surface area contributed by atoms with E-state index in [9.17, 15) is 4.39 Å². The average Bonchev–Trinajstić information content (AvgIpc) is 2.25. The fraction of sp³-hybridized carbons (Fsp3) is 0.600. The molecular formula is C15H23FN2O. The summed E-state index contributed by atoms with van der Waals surface area (Å²) in [7, 11) is 0. The molecule has 2 rings (SSSR count). The molecule has 0 radical (unpaired) electrons. The van der Waals surface area contributed by atoms with Crippen molar-refractivity contribution in [3.8, 4) is 0 Å². The summed E-state index contributed by atoms with van der Waals surface area (Å²) in [6, 6.07) is 5.11. The molecule has 0 amide bonds. The van der Waals surface area contributed by atoms with E-state index in [1.165, 1.54) is 6.07 Å². The van der Waals surface area contributed by atoms with E-state index in [1.54, 1.807) is 0 Å². The quantitative estimate of drug-likeness (QED) is 0.894. The van der Waals surface area contributed by atoms with Crippen LogP contribution in [0.15, 0.2) is 18.2 Å². The molecule has 2 atom stereocenters. The van der Waals surface area contributed by atoms with Crippen molar-refractivity contribution in [2.45, 2.75) is 45.4 Å². The molecule has 0 spiro atoms. The number of morpholine rings is 1. The molecule has 0 bridgehead atoms. The first kappa shape index (κ1) is 14.3. The zero-order chi connectivity index (χ0) is 14.2. The molecule has 1 heterocycles. The van der Waals surface area contributed by atoms with Crippen LogP contribution in [0.5, 0.6) is 0 Å². The van der Waals surface area contributed by atoms with Crippen molar-refractivity contribution in [2.75, 3.05) is 18.0 Å². The Balaban J connectivity index is 2.26. The van der Waals surface area contributed by atoms with Crippen LogP contribution in [0, 0.1) is 5.82 Å². The molecule has 0 saturated carbocycles. The fourth-order valence-electron chi connectivity index (χ4n) is 2.70. The van der Waals surface area contributed by atoms with Crippen molar-refractivity contribution >= 4 is 5.69 Å². The van der Waals surface area contributed by atoms with Gasteiger partial charge in [-0.3, -0.25) is 0 Å². The lowest BCUT2D eigenvalue weighted by Gasteiger charge is -2.43. The highest BCUT2D eigenvalue weighted by Gasteiger charge is 2.32. The molecule has 1 aromatic carbocycles. The van der Waals surface area contributed by atoms with Crippen molar-refractivity contribution in [1.82, 2.24) is 0 Å². The van der Waals surface area contributed by atoms with Crippen LogP contribution in [0.4, 0.5) is 10.1 Å². The Morgan fingerprint density at radius 2 is 2.16 bits per heavy atom. The first-order valence-corrected chi connectivity index (χ1v) is 6.76. The lowest BCUT2D eigenvalue weighted by Crippen LogP contribution is -2.52. The Hall–Kier alpha value is -1.13. The summed E-state index contributed by atoms with van der Waals surface area (Å²) >= 11 is 0. The van der Waals surface area contributed by atoms with Gasteiger partial charge in [0.15, 0.2) is 0 Å². The molecule has 1 unspecified atom stereocenters. The normalized spacial score (nSPS) is 24.3. The summed E-state index contributed by atoms with van der Waals surface area (Å²) in [6.45, 7) is 9.33. The SMILES string of the molecule is CC1CN(c2ccc([C@H](C)N)cc2F)CC(C)(C)O1. The molecule has 3 nitrogen and oxygen atoms in total. The molecule has 106 valence electrons. The van der Waals surface area contributed by atoms with Crippen molar-refractivity contribution in [3.63, 3.8) is 0 Å². The van der Waals surface area contributed by atoms with E-state index in [1.807, 2.05) is 39.8 Å². The molecule has 0 aliphatic carbocycles. The van der Waals surface area contributed by atoms with Crippen LogP contribution in [0.1, 0.15) is 39.3 Å². The molecule has 4 heteroatoms. The van der Waals surface area contributed by atoms with E-state index in [0.29, 0.717) is 18.8 Å². The van der Waals surface area contributed by atoms with Crippen molar-refractivity contribution in [1.29, 1.82) is 0 Å². The van der Waals surface area contributed by atoms with Gasteiger partial charge in [0.1, 0.15) is 5.82 Å². The number of anilines is 1. The van der Waals surface area contributed by atoms with E-state index < -0.39 is 0 Å². The van der Waals surface area contributed by atoms with Gasteiger partial charge in [0, 0.05) is 19.1 Å². The minimum Gasteiger partial charge on any atom is -0.369 e. The van der Waals surface area contributed by atoms with Crippen LogP contribution in [-0.4, -0.2) is 24.8 Å². The largest absolute Gasteiger partial charge is 0.369 e. The monoisotopic (exact) mass is 266 g/mol. The molecule has 1 fully saturated rings. The van der Waals surface area contributed by atoms with Crippen LogP contribution >= 0.6 is 0 Å². The maximum atomic E-state index is 14.2. The van der Waals surface area contributed by atoms with Crippen molar-refractivity contribution in [3.05, 3.63) is 29.6 Å². The van der Waals surface area contributed by atoms with Gasteiger partial charge in [-0.1, -0.05) is 6.07 Å². The van der Waals surface area contributed by atoms with Crippen molar-refractivity contribution in [2.24, 2.45) is 5.73 Å². The van der Waals surface area contributed by atoms with Gasteiger partial charge in [-0.15, -0.1) is 0 Å². The summed E-state index contributed by atoms with van der Waals surface area (Å²) in [5, 5.41) is 0. The van der Waals surface area contributed by atoms with Crippen LogP contribution in [0.2, 0.25) is 0 Å². The molecule has 19 heavy (non-hydrogen) atoms. The van der Waals surface area contributed by atoms with E-state index in [2.05, 4.69) is 4.90 Å². The standard InChI is InChI=1S/C15H23FN2O/c1-10-8-18(9-15(3,4)19-10)14-6-5-12(11(2)17)7-13(14)16/h5-7,10-11H,8-9,17H2,1-4H3/t10?,11-/m0/s1. The van der Waals surface area contributed by atoms with Gasteiger partial charge in [-0.25, -0.2) is 4.39 Å². The number of benzene rings is 1. The second-order valence-corrected chi connectivity index (χ2v) is 6.07. The molecule has 1 saturated heterocycles. The summed E-state index contributed by atoms with van der Waals surface area (Å²) in [4.78, 5) is 2.05. The number of halogens is 1. The molecule has 1 aromatic rings. The second-order valence-electron chi connectivity index (χ2n) is 6.07. The Kier molecular flexibility index (Phi) is 3.83. The molecule has 1 aliphatic heterocycles. The zero-order valence-electron chi connectivity index (χ0n) is 12.1. The second kappa shape index (κ2) is 5.10. The summed E-state index contributed by atoms with van der Waals surface area (Å²) in [5.41, 5.74) is 6.97. The Labute approximate surface area is 114 Å². The first-order chi connectivity index (χ1) is 8.78. The first-order valence-electron chi connectivity index (χ1n) is 6.76. The number of hydrogen-bond donors (Lipinski definition) is 1. The Bertz CT molecular complexity index is 459. The highest BCUT2D eigenvalue weighted by Crippen LogP contribution is 2.29. The maximum Gasteiger partial charge on any atom is 0.146 e. The van der Waals surface area contributed by atoms with Gasteiger partial charge in [0.05, 0.1) is 17.4 Å². The number of ether oxygens (including phenoxy) is 1. The molecule has 2 N–H and O–H groups in total. The summed E-state index contributed by atoms with van der Waals surface area (Å²) < 4.78 is 20.1. The van der Waals surface area contributed by atoms with Crippen molar-refractivity contribution < 1.29 is 9.13 Å². The van der Waals surface area contributed by atoms with E-state index in [4.69, 9.17) is 10.5 Å². The highest BCUT2D eigenvalue weighted by atomic mass is 19.1. The third kappa shape index (κ3) is 3.25. The van der Waals surface area contributed by atoms with Gasteiger partial charge in [0.2, 0.25) is 0 Å². The fourth-order valence-corrected chi connectivity index (χ4v) is 2.70. The van der Waals surface area contributed by atoms with Crippen LogP contribution in [0.25, 0.3) is 0 Å². The lowest BCUT2D eigenvalue weighted by molar-refractivity contribution is -0.0751. The molecule has 1 aliphatic rings. The van der Waals surface area contributed by atoms with E-state index >= 15 is 0 Å². The molecular weight excluding hydrogens is 243 g/mol. The van der Waals surface area contributed by atoms with Gasteiger partial charge in [-0.2, -0.15) is 0 Å².